The van der Waals surface area contributed by atoms with Gasteiger partial charge in [0.25, 0.3) is 0 Å². The molecular formula is C16H24BO7P. The second kappa shape index (κ2) is 8.02. The van der Waals surface area contributed by atoms with E-state index in [1.165, 1.54) is 14.2 Å². The molecule has 0 heterocycles. The lowest BCUT2D eigenvalue weighted by atomic mass is 9.76. The molecule has 0 aliphatic heterocycles. The van der Waals surface area contributed by atoms with Gasteiger partial charge in [-0.15, -0.1) is 0 Å². The van der Waals surface area contributed by atoms with Crippen molar-refractivity contribution in [1.82, 2.24) is 0 Å². The number of hydrogen-bond acceptors (Lipinski definition) is 7. The molecule has 1 fully saturated rings. The minimum atomic E-state index is -3.36. The molecule has 9 heteroatoms. The topological polar surface area (TPSA) is 91.3 Å². The molecule has 0 bridgehead atoms. The van der Waals surface area contributed by atoms with E-state index < -0.39 is 31.4 Å². The Balaban J connectivity index is 2.13. The molecule has 1 aromatic carbocycles. The van der Waals surface area contributed by atoms with E-state index >= 15 is 0 Å². The predicted molar refractivity (Wildman–Crippen MR) is 94.5 cm³/mol. The molecule has 1 N–H and O–H groups in total. The summed E-state index contributed by atoms with van der Waals surface area (Å²) in [5.74, 6) is -0.717. The second-order valence-corrected chi connectivity index (χ2v) is 8.58. The fraction of sp³-hybridized carbons (Fsp3) is 0.562. The quantitative estimate of drug-likeness (QED) is 0.443. The van der Waals surface area contributed by atoms with Gasteiger partial charge in [-0.1, -0.05) is 18.2 Å². The number of hydrogen-bond donors (Lipinski definition) is 1. The van der Waals surface area contributed by atoms with Gasteiger partial charge in [-0.2, -0.15) is 0 Å². The molecule has 4 atom stereocenters. The first-order chi connectivity index (χ1) is 11.7. The van der Waals surface area contributed by atoms with E-state index in [0.717, 1.165) is 0 Å². The van der Waals surface area contributed by atoms with Crippen molar-refractivity contribution < 1.29 is 33.0 Å². The third-order valence-electron chi connectivity index (χ3n) is 4.74. The van der Waals surface area contributed by atoms with Gasteiger partial charge in [-0.3, -0.25) is 4.57 Å². The standard InChI is InChI=1S/C16H24BO7P/c1-16(19)13(17)9-12(23-10-25(20,21-2)22-3)14(16)24-15(18)11-7-5-4-6-8-11/h4-8,12-14,19H,9-10,17H2,1-3H3. The van der Waals surface area contributed by atoms with Crippen LogP contribution in [0.15, 0.2) is 30.3 Å². The summed E-state index contributed by atoms with van der Waals surface area (Å²) in [6.07, 6.45) is -1.34. The molecular weight excluding hydrogens is 346 g/mol. The highest BCUT2D eigenvalue weighted by Crippen LogP contribution is 2.49. The first kappa shape index (κ1) is 20.1. The van der Waals surface area contributed by atoms with Crippen LogP contribution in [-0.4, -0.2) is 57.3 Å². The molecule has 25 heavy (non-hydrogen) atoms. The molecule has 0 spiro atoms. The monoisotopic (exact) mass is 370 g/mol. The van der Waals surface area contributed by atoms with E-state index in [9.17, 15) is 14.5 Å². The number of carbonyl (C=O) groups is 1. The van der Waals surface area contributed by atoms with E-state index in [0.29, 0.717) is 12.0 Å². The van der Waals surface area contributed by atoms with Crippen LogP contribution in [0.1, 0.15) is 23.7 Å². The summed E-state index contributed by atoms with van der Waals surface area (Å²) in [4.78, 5) is 12.4. The zero-order valence-electron chi connectivity index (χ0n) is 14.9. The molecule has 1 aliphatic carbocycles. The van der Waals surface area contributed by atoms with Crippen LogP contribution in [0.25, 0.3) is 0 Å². The van der Waals surface area contributed by atoms with Crippen molar-refractivity contribution in [1.29, 1.82) is 0 Å². The van der Waals surface area contributed by atoms with Gasteiger partial charge in [0.05, 0.1) is 17.3 Å². The molecule has 2 rings (SSSR count). The summed E-state index contributed by atoms with van der Waals surface area (Å²) >= 11 is 0. The number of rotatable bonds is 7. The van der Waals surface area contributed by atoms with Crippen molar-refractivity contribution in [2.75, 3.05) is 20.6 Å². The van der Waals surface area contributed by atoms with E-state index in [1.54, 1.807) is 37.3 Å². The fourth-order valence-electron chi connectivity index (χ4n) is 2.84. The maximum Gasteiger partial charge on any atom is 0.355 e. The Morgan fingerprint density at radius 1 is 1.32 bits per heavy atom. The molecule has 0 radical (unpaired) electrons. The van der Waals surface area contributed by atoms with Crippen molar-refractivity contribution in [3.63, 3.8) is 0 Å². The normalized spacial score (nSPS) is 29.5. The maximum absolute atomic E-state index is 12.4. The van der Waals surface area contributed by atoms with Gasteiger partial charge in [0.2, 0.25) is 0 Å². The number of aliphatic hydroxyl groups is 1. The number of ether oxygens (including phenoxy) is 2. The smallest absolute Gasteiger partial charge is 0.355 e. The summed E-state index contributed by atoms with van der Waals surface area (Å²) in [7, 11) is 1.03. The van der Waals surface area contributed by atoms with Crippen molar-refractivity contribution in [2.45, 2.75) is 37.0 Å². The Morgan fingerprint density at radius 3 is 2.48 bits per heavy atom. The summed E-state index contributed by atoms with van der Waals surface area (Å²) in [5, 5.41) is 10.7. The lowest BCUT2D eigenvalue weighted by molar-refractivity contribution is -0.0993. The Kier molecular flexibility index (Phi) is 6.46. The van der Waals surface area contributed by atoms with E-state index in [1.807, 2.05) is 7.85 Å². The summed E-state index contributed by atoms with van der Waals surface area (Å²) in [6, 6.07) is 8.52. The molecule has 7 nitrogen and oxygen atoms in total. The van der Waals surface area contributed by atoms with Gasteiger partial charge in [0, 0.05) is 14.2 Å². The van der Waals surface area contributed by atoms with Crippen molar-refractivity contribution in [3.8, 4) is 0 Å². The lowest BCUT2D eigenvalue weighted by Crippen LogP contribution is -2.45. The SMILES string of the molecule is BC1CC(OCP(=O)(OC)OC)C(OC(=O)c2ccccc2)C1(C)O. The van der Waals surface area contributed by atoms with Gasteiger partial charge < -0.3 is 23.6 Å². The number of benzene rings is 1. The molecule has 1 saturated carbocycles. The zero-order valence-corrected chi connectivity index (χ0v) is 15.8. The Bertz CT molecular complexity index is 629. The van der Waals surface area contributed by atoms with Crippen LogP contribution < -0.4 is 0 Å². The van der Waals surface area contributed by atoms with Gasteiger partial charge in [0.15, 0.2) is 6.10 Å². The molecule has 1 aromatic rings. The maximum atomic E-state index is 12.4. The van der Waals surface area contributed by atoms with Crippen LogP contribution >= 0.6 is 7.60 Å². The van der Waals surface area contributed by atoms with Crippen LogP contribution in [0.3, 0.4) is 0 Å². The molecule has 0 aromatic heterocycles. The molecule has 1 aliphatic rings. The van der Waals surface area contributed by atoms with Crippen LogP contribution in [-0.2, 0) is 23.1 Å². The summed E-state index contributed by atoms with van der Waals surface area (Å²) in [6.45, 7) is 1.61. The third-order valence-corrected chi connectivity index (χ3v) is 6.32. The molecule has 0 amide bonds. The first-order valence-corrected chi connectivity index (χ1v) is 9.77. The Hall–Kier alpha value is -1.18. The summed E-state index contributed by atoms with van der Waals surface area (Å²) < 4.78 is 33.1. The highest BCUT2D eigenvalue weighted by atomic mass is 31.2. The molecule has 0 saturated heterocycles. The van der Waals surface area contributed by atoms with E-state index in [2.05, 4.69) is 0 Å². The average Bonchev–Trinajstić information content (AvgIpc) is 2.83. The van der Waals surface area contributed by atoms with Crippen LogP contribution in [0.4, 0.5) is 0 Å². The second-order valence-electron chi connectivity index (χ2n) is 6.36. The van der Waals surface area contributed by atoms with Gasteiger partial charge in [-0.25, -0.2) is 4.79 Å². The number of carbonyl (C=O) groups excluding carboxylic acids is 1. The van der Waals surface area contributed by atoms with Crippen LogP contribution in [0.5, 0.6) is 0 Å². The molecule has 138 valence electrons. The van der Waals surface area contributed by atoms with Crippen LogP contribution in [0, 0.1) is 0 Å². The average molecular weight is 370 g/mol. The van der Waals surface area contributed by atoms with Crippen molar-refractivity contribution in [2.24, 2.45) is 0 Å². The van der Waals surface area contributed by atoms with E-state index in [4.69, 9.17) is 18.5 Å². The predicted octanol–water partition coefficient (Wildman–Crippen LogP) is 1.62. The van der Waals surface area contributed by atoms with Gasteiger partial charge >= 0.3 is 13.6 Å². The summed E-state index contributed by atoms with van der Waals surface area (Å²) in [5.41, 5.74) is -0.879. The first-order valence-electron chi connectivity index (χ1n) is 8.04. The largest absolute Gasteiger partial charge is 0.453 e. The lowest BCUT2D eigenvalue weighted by Gasteiger charge is -2.31. The minimum Gasteiger partial charge on any atom is -0.453 e. The fourth-order valence-corrected chi connectivity index (χ4v) is 3.58. The molecule has 4 unspecified atom stereocenters. The zero-order chi connectivity index (χ0) is 18.7. The Labute approximate surface area is 148 Å². The minimum absolute atomic E-state index is 0.171. The van der Waals surface area contributed by atoms with Gasteiger partial charge in [0.1, 0.15) is 14.2 Å². The highest BCUT2D eigenvalue weighted by molar-refractivity contribution is 7.53. The number of esters is 1. The van der Waals surface area contributed by atoms with Crippen molar-refractivity contribution in [3.05, 3.63) is 35.9 Å². The van der Waals surface area contributed by atoms with Crippen molar-refractivity contribution >= 4 is 21.4 Å². The van der Waals surface area contributed by atoms with E-state index in [-0.39, 0.29) is 12.2 Å². The van der Waals surface area contributed by atoms with Gasteiger partial charge in [-0.05, 0) is 31.3 Å². The highest BCUT2D eigenvalue weighted by Gasteiger charge is 2.52. The third kappa shape index (κ3) is 4.51. The Morgan fingerprint density at radius 2 is 1.92 bits per heavy atom. The van der Waals surface area contributed by atoms with Crippen LogP contribution in [0.2, 0.25) is 5.82 Å².